The van der Waals surface area contributed by atoms with Crippen LogP contribution < -0.4 is 5.32 Å². The number of benzene rings is 1. The highest BCUT2D eigenvalue weighted by Gasteiger charge is 2.04. The molecule has 0 radical (unpaired) electrons. The maximum atomic E-state index is 3.55. The molecule has 0 spiro atoms. The van der Waals surface area contributed by atoms with Gasteiger partial charge < -0.3 is 5.32 Å². The first kappa shape index (κ1) is 14.9. The molecular formula is C16H23NS. The average molecular weight is 261 g/mol. The molecule has 1 aromatic rings. The van der Waals surface area contributed by atoms with Crippen LogP contribution in [0.25, 0.3) is 0 Å². The summed E-state index contributed by atoms with van der Waals surface area (Å²) >= 11 is 1.95. The van der Waals surface area contributed by atoms with E-state index in [0.29, 0.717) is 0 Å². The third-order valence-electron chi connectivity index (χ3n) is 2.51. The van der Waals surface area contributed by atoms with Gasteiger partial charge in [-0.3, -0.25) is 0 Å². The zero-order valence-electron chi connectivity index (χ0n) is 11.2. The SMILES string of the molecule is C=CC=CCCC.c1ccc2c(c1)NCCCS2. The van der Waals surface area contributed by atoms with Crippen LogP contribution in [-0.2, 0) is 0 Å². The molecule has 98 valence electrons. The van der Waals surface area contributed by atoms with E-state index in [0.717, 1.165) is 6.54 Å². The summed E-state index contributed by atoms with van der Waals surface area (Å²) < 4.78 is 0. The van der Waals surface area contributed by atoms with Gasteiger partial charge in [-0.2, -0.15) is 0 Å². The topological polar surface area (TPSA) is 12.0 Å². The van der Waals surface area contributed by atoms with E-state index in [1.54, 1.807) is 6.08 Å². The molecule has 0 fully saturated rings. The Balaban J connectivity index is 0.000000203. The molecule has 1 aliphatic rings. The predicted octanol–water partition coefficient (Wildman–Crippen LogP) is 5.12. The molecule has 2 rings (SSSR count). The number of rotatable bonds is 3. The molecule has 0 saturated carbocycles. The molecule has 1 nitrogen and oxygen atoms in total. The normalized spacial score (nSPS) is 13.8. The third kappa shape index (κ3) is 5.97. The van der Waals surface area contributed by atoms with Crippen LogP contribution in [0.5, 0.6) is 0 Å². The van der Waals surface area contributed by atoms with E-state index in [9.17, 15) is 0 Å². The van der Waals surface area contributed by atoms with E-state index in [-0.39, 0.29) is 0 Å². The van der Waals surface area contributed by atoms with Crippen molar-refractivity contribution >= 4 is 17.4 Å². The van der Waals surface area contributed by atoms with Gasteiger partial charge in [-0.15, -0.1) is 11.8 Å². The Labute approximate surface area is 115 Å². The molecule has 0 unspecified atom stereocenters. The van der Waals surface area contributed by atoms with Gasteiger partial charge in [0, 0.05) is 17.1 Å². The molecule has 1 heterocycles. The lowest BCUT2D eigenvalue weighted by molar-refractivity contribution is 0.959. The minimum Gasteiger partial charge on any atom is -0.384 e. The lowest BCUT2D eigenvalue weighted by Gasteiger charge is -2.04. The smallest absolute Gasteiger partial charge is 0.0478 e. The molecular weight excluding hydrogens is 238 g/mol. The number of nitrogens with one attached hydrogen (secondary N) is 1. The first-order valence-corrected chi connectivity index (χ1v) is 7.60. The molecule has 1 aliphatic heterocycles. The van der Waals surface area contributed by atoms with Crippen molar-refractivity contribution < 1.29 is 0 Å². The standard InChI is InChI=1S/C9H11NS.C7H12/c1-2-5-9-8(4-1)10-6-3-7-11-9;1-3-5-7-6-4-2/h1-2,4-5,10H,3,6-7H2;3,5,7H,1,4,6H2,2H3. The summed E-state index contributed by atoms with van der Waals surface area (Å²) in [6, 6.07) is 8.50. The van der Waals surface area contributed by atoms with Gasteiger partial charge in [0.15, 0.2) is 0 Å². The fraction of sp³-hybridized carbons (Fsp3) is 0.375. The highest BCUT2D eigenvalue weighted by molar-refractivity contribution is 7.99. The predicted molar refractivity (Wildman–Crippen MR) is 84.5 cm³/mol. The van der Waals surface area contributed by atoms with Crippen LogP contribution in [-0.4, -0.2) is 12.3 Å². The molecule has 0 saturated heterocycles. The number of anilines is 1. The zero-order valence-corrected chi connectivity index (χ0v) is 12.0. The van der Waals surface area contributed by atoms with Crippen molar-refractivity contribution in [3.8, 4) is 0 Å². The summed E-state index contributed by atoms with van der Waals surface area (Å²) in [4.78, 5) is 1.39. The van der Waals surface area contributed by atoms with Crippen LogP contribution in [0.2, 0.25) is 0 Å². The van der Waals surface area contributed by atoms with Crippen LogP contribution in [0.3, 0.4) is 0 Å². The molecule has 0 aromatic heterocycles. The Morgan fingerprint density at radius 1 is 1.39 bits per heavy atom. The Morgan fingerprint density at radius 3 is 3.00 bits per heavy atom. The van der Waals surface area contributed by atoms with Crippen molar-refractivity contribution in [3.63, 3.8) is 0 Å². The number of fused-ring (bicyclic) bond motifs is 1. The Kier molecular flexibility index (Phi) is 8.15. The maximum Gasteiger partial charge on any atom is 0.0478 e. The van der Waals surface area contributed by atoms with Crippen molar-refractivity contribution in [1.29, 1.82) is 0 Å². The highest BCUT2D eigenvalue weighted by atomic mass is 32.2. The molecule has 0 amide bonds. The fourth-order valence-electron chi connectivity index (χ4n) is 1.58. The average Bonchev–Trinajstić information content (AvgIpc) is 2.65. The van der Waals surface area contributed by atoms with Crippen LogP contribution in [0.15, 0.2) is 54.0 Å². The molecule has 1 N–H and O–H groups in total. The molecule has 2 heteroatoms. The van der Waals surface area contributed by atoms with Crippen molar-refractivity contribution in [2.75, 3.05) is 17.6 Å². The molecule has 18 heavy (non-hydrogen) atoms. The largest absolute Gasteiger partial charge is 0.384 e. The fourth-order valence-corrected chi connectivity index (χ4v) is 2.55. The molecule has 0 aliphatic carbocycles. The Morgan fingerprint density at radius 2 is 2.22 bits per heavy atom. The second kappa shape index (κ2) is 9.84. The summed E-state index contributed by atoms with van der Waals surface area (Å²) in [5, 5.41) is 3.40. The van der Waals surface area contributed by atoms with E-state index >= 15 is 0 Å². The van der Waals surface area contributed by atoms with Gasteiger partial charge in [-0.05, 0) is 30.7 Å². The molecule has 1 aromatic carbocycles. The van der Waals surface area contributed by atoms with Crippen LogP contribution in [0.1, 0.15) is 26.2 Å². The molecule has 0 atom stereocenters. The quantitative estimate of drug-likeness (QED) is 0.758. The number of hydrogen-bond acceptors (Lipinski definition) is 2. The summed E-state index contributed by atoms with van der Waals surface area (Å²) in [6.45, 7) is 6.82. The number of hydrogen-bond donors (Lipinski definition) is 1. The van der Waals surface area contributed by atoms with Crippen molar-refractivity contribution in [3.05, 3.63) is 49.1 Å². The minimum atomic E-state index is 1.12. The lowest BCUT2D eigenvalue weighted by Crippen LogP contribution is -1.99. The summed E-state index contributed by atoms with van der Waals surface area (Å²) in [7, 11) is 0. The summed E-state index contributed by atoms with van der Waals surface area (Å²) in [5.74, 6) is 1.24. The van der Waals surface area contributed by atoms with Crippen molar-refractivity contribution in [1.82, 2.24) is 0 Å². The lowest BCUT2D eigenvalue weighted by atomic mass is 10.3. The first-order valence-electron chi connectivity index (χ1n) is 6.61. The van der Waals surface area contributed by atoms with Crippen LogP contribution in [0.4, 0.5) is 5.69 Å². The Hall–Kier alpha value is -1.15. The van der Waals surface area contributed by atoms with Gasteiger partial charge in [0.1, 0.15) is 0 Å². The van der Waals surface area contributed by atoms with E-state index in [1.807, 2.05) is 17.8 Å². The van der Waals surface area contributed by atoms with Crippen LogP contribution >= 0.6 is 11.8 Å². The minimum absolute atomic E-state index is 1.12. The van der Waals surface area contributed by atoms with E-state index in [1.165, 1.54) is 35.6 Å². The zero-order chi connectivity index (χ0) is 13.1. The van der Waals surface area contributed by atoms with E-state index < -0.39 is 0 Å². The summed E-state index contributed by atoms with van der Waals surface area (Å²) in [6.07, 6.45) is 9.56. The third-order valence-corrected chi connectivity index (χ3v) is 3.67. The first-order chi connectivity index (χ1) is 8.88. The van der Waals surface area contributed by atoms with Crippen molar-refractivity contribution in [2.45, 2.75) is 31.1 Å². The van der Waals surface area contributed by atoms with Crippen molar-refractivity contribution in [2.24, 2.45) is 0 Å². The second-order valence-corrected chi connectivity index (χ2v) is 5.21. The number of unbranched alkanes of at least 4 members (excludes halogenated alkanes) is 1. The maximum absolute atomic E-state index is 3.55. The second-order valence-electron chi connectivity index (χ2n) is 4.08. The number of allylic oxidation sites excluding steroid dienone is 3. The summed E-state index contributed by atoms with van der Waals surface area (Å²) in [5.41, 5.74) is 1.30. The van der Waals surface area contributed by atoms with E-state index in [2.05, 4.69) is 49.2 Å². The number of para-hydroxylation sites is 1. The Bertz CT molecular complexity index is 346. The highest BCUT2D eigenvalue weighted by Crippen LogP contribution is 2.29. The number of thioether (sulfide) groups is 1. The van der Waals surface area contributed by atoms with Gasteiger partial charge in [0.05, 0.1) is 0 Å². The van der Waals surface area contributed by atoms with Crippen LogP contribution in [0, 0.1) is 0 Å². The monoisotopic (exact) mass is 261 g/mol. The van der Waals surface area contributed by atoms with Gasteiger partial charge in [0.25, 0.3) is 0 Å². The van der Waals surface area contributed by atoms with Gasteiger partial charge >= 0.3 is 0 Å². The van der Waals surface area contributed by atoms with E-state index in [4.69, 9.17) is 0 Å². The van der Waals surface area contributed by atoms with Gasteiger partial charge in [0.2, 0.25) is 0 Å². The molecule has 0 bridgehead atoms. The van der Waals surface area contributed by atoms with Gasteiger partial charge in [-0.25, -0.2) is 0 Å². The van der Waals surface area contributed by atoms with Gasteiger partial charge in [-0.1, -0.05) is 50.3 Å².